The number of benzene rings is 1. The molecule has 0 fully saturated rings. The Hall–Kier alpha value is -1.07. The second kappa shape index (κ2) is 7.29. The molecule has 0 aliphatic rings. The van der Waals surface area contributed by atoms with Crippen molar-refractivity contribution in [3.05, 3.63) is 29.8 Å². The summed E-state index contributed by atoms with van der Waals surface area (Å²) in [7, 11) is 1.60. The van der Waals surface area contributed by atoms with E-state index in [9.17, 15) is 9.90 Å². The van der Waals surface area contributed by atoms with Gasteiger partial charge < -0.3 is 15.2 Å². The molecule has 2 N–H and O–H groups in total. The van der Waals surface area contributed by atoms with E-state index in [2.05, 4.69) is 21.2 Å². The van der Waals surface area contributed by atoms with E-state index in [-0.39, 0.29) is 17.7 Å². The summed E-state index contributed by atoms with van der Waals surface area (Å²) in [6.45, 7) is 0.468. The van der Waals surface area contributed by atoms with Crippen LogP contribution in [0.25, 0.3) is 0 Å². The molecule has 4 nitrogen and oxygen atoms in total. The monoisotopic (exact) mass is 301 g/mol. The summed E-state index contributed by atoms with van der Waals surface area (Å²) in [6, 6.07) is 6.23. The molecule has 0 aliphatic carbocycles. The molecule has 0 radical (unpaired) electrons. The molecule has 0 saturated carbocycles. The van der Waals surface area contributed by atoms with Crippen LogP contribution < -0.4 is 5.32 Å². The first-order chi connectivity index (χ1) is 8.17. The highest BCUT2D eigenvalue weighted by atomic mass is 79.9. The van der Waals surface area contributed by atoms with E-state index in [4.69, 9.17) is 4.74 Å². The van der Waals surface area contributed by atoms with Gasteiger partial charge in [0.1, 0.15) is 5.75 Å². The van der Waals surface area contributed by atoms with E-state index in [1.165, 1.54) is 12.1 Å². The lowest BCUT2D eigenvalue weighted by molar-refractivity contribution is 0.0895. The molecule has 0 saturated heterocycles. The Labute approximate surface area is 109 Å². The number of nitrogens with one attached hydrogen (secondary N) is 1. The van der Waals surface area contributed by atoms with Crippen molar-refractivity contribution in [2.45, 2.75) is 12.5 Å². The number of methoxy groups -OCH3 is 1. The molecule has 1 amide bonds. The number of phenols is 1. The minimum Gasteiger partial charge on any atom is -0.508 e. The topological polar surface area (TPSA) is 58.6 Å². The zero-order valence-electron chi connectivity index (χ0n) is 9.65. The predicted molar refractivity (Wildman–Crippen MR) is 69.6 cm³/mol. The minimum atomic E-state index is -0.205. The van der Waals surface area contributed by atoms with Crippen molar-refractivity contribution in [2.75, 3.05) is 19.0 Å². The maximum absolute atomic E-state index is 11.9. The number of phenolic OH excluding ortho intramolecular Hbond substituents is 1. The van der Waals surface area contributed by atoms with Gasteiger partial charge >= 0.3 is 0 Å². The Morgan fingerprint density at radius 1 is 1.59 bits per heavy atom. The lowest BCUT2D eigenvalue weighted by Gasteiger charge is -2.16. The van der Waals surface area contributed by atoms with E-state index in [0.29, 0.717) is 12.2 Å². The Morgan fingerprint density at radius 3 is 2.94 bits per heavy atom. The molecule has 17 heavy (non-hydrogen) atoms. The van der Waals surface area contributed by atoms with Gasteiger partial charge in [-0.2, -0.15) is 0 Å². The fraction of sp³-hybridized carbons (Fsp3) is 0.417. The van der Waals surface area contributed by atoms with Crippen molar-refractivity contribution >= 4 is 21.8 Å². The second-order valence-corrected chi connectivity index (χ2v) is 4.45. The van der Waals surface area contributed by atoms with Crippen LogP contribution in [0.5, 0.6) is 5.75 Å². The number of halogens is 1. The molecule has 0 heterocycles. The zero-order valence-corrected chi connectivity index (χ0v) is 11.2. The van der Waals surface area contributed by atoms with Crippen LogP contribution in [-0.4, -0.2) is 36.1 Å². The molecule has 0 aromatic heterocycles. The van der Waals surface area contributed by atoms with Crippen LogP contribution in [0, 0.1) is 0 Å². The van der Waals surface area contributed by atoms with Gasteiger partial charge in [0, 0.05) is 18.0 Å². The van der Waals surface area contributed by atoms with Crippen LogP contribution in [-0.2, 0) is 4.74 Å². The molecule has 0 aliphatic heterocycles. The van der Waals surface area contributed by atoms with Crippen molar-refractivity contribution in [3.8, 4) is 5.75 Å². The normalized spacial score (nSPS) is 12.1. The van der Waals surface area contributed by atoms with Crippen LogP contribution in [0.1, 0.15) is 16.8 Å². The summed E-state index contributed by atoms with van der Waals surface area (Å²) in [5.41, 5.74) is 0.445. The summed E-state index contributed by atoms with van der Waals surface area (Å²) in [5.74, 6) is -0.120. The number of alkyl halides is 1. The lowest BCUT2D eigenvalue weighted by Crippen LogP contribution is -2.38. The first-order valence-electron chi connectivity index (χ1n) is 5.32. The fourth-order valence-electron chi connectivity index (χ4n) is 1.45. The van der Waals surface area contributed by atoms with Gasteiger partial charge in [-0.3, -0.25) is 4.79 Å². The lowest BCUT2D eigenvalue weighted by atomic mass is 10.1. The summed E-state index contributed by atoms with van der Waals surface area (Å²) in [4.78, 5) is 11.9. The van der Waals surface area contributed by atoms with Crippen molar-refractivity contribution in [1.29, 1.82) is 0 Å². The predicted octanol–water partition coefficient (Wildman–Crippen LogP) is 1.92. The molecule has 0 bridgehead atoms. The maximum Gasteiger partial charge on any atom is 0.251 e. The van der Waals surface area contributed by atoms with Gasteiger partial charge in [-0.1, -0.05) is 22.0 Å². The number of amides is 1. The largest absolute Gasteiger partial charge is 0.508 e. The first-order valence-corrected chi connectivity index (χ1v) is 6.44. The number of carbonyl (C=O) groups excluding carboxylic acids is 1. The van der Waals surface area contributed by atoms with Gasteiger partial charge in [0.15, 0.2) is 0 Å². The third-order valence-corrected chi connectivity index (χ3v) is 2.73. The van der Waals surface area contributed by atoms with Gasteiger partial charge in [-0.05, 0) is 24.6 Å². The third kappa shape index (κ3) is 4.75. The van der Waals surface area contributed by atoms with Crippen molar-refractivity contribution in [1.82, 2.24) is 5.32 Å². The Morgan fingerprint density at radius 2 is 2.35 bits per heavy atom. The van der Waals surface area contributed by atoms with Crippen LogP contribution >= 0.6 is 15.9 Å². The van der Waals surface area contributed by atoms with Gasteiger partial charge in [-0.25, -0.2) is 0 Å². The smallest absolute Gasteiger partial charge is 0.251 e. The van der Waals surface area contributed by atoms with E-state index in [1.54, 1.807) is 19.2 Å². The molecule has 1 aromatic rings. The molecule has 1 rings (SSSR count). The molecule has 1 aromatic carbocycles. The van der Waals surface area contributed by atoms with Crippen molar-refractivity contribution < 1.29 is 14.6 Å². The van der Waals surface area contributed by atoms with Crippen molar-refractivity contribution in [3.63, 3.8) is 0 Å². The molecule has 0 spiro atoms. The maximum atomic E-state index is 11.9. The highest BCUT2D eigenvalue weighted by Crippen LogP contribution is 2.11. The highest BCUT2D eigenvalue weighted by molar-refractivity contribution is 9.09. The van der Waals surface area contributed by atoms with Gasteiger partial charge in [-0.15, -0.1) is 0 Å². The van der Waals surface area contributed by atoms with E-state index in [1.807, 2.05) is 0 Å². The quantitative estimate of drug-likeness (QED) is 0.789. The van der Waals surface area contributed by atoms with E-state index < -0.39 is 0 Å². The summed E-state index contributed by atoms with van der Waals surface area (Å²) >= 11 is 3.33. The van der Waals surface area contributed by atoms with Gasteiger partial charge in [0.25, 0.3) is 5.91 Å². The summed E-state index contributed by atoms with van der Waals surface area (Å²) in [5, 5.41) is 12.9. The average molecular weight is 302 g/mol. The SMILES string of the molecule is COCC(CCBr)NC(=O)c1cccc(O)c1. The molecular formula is C12H16BrNO3. The Bertz CT molecular complexity index is 365. The number of aromatic hydroxyl groups is 1. The molecular weight excluding hydrogens is 286 g/mol. The van der Waals surface area contributed by atoms with Crippen molar-refractivity contribution in [2.24, 2.45) is 0 Å². The van der Waals surface area contributed by atoms with Crippen LogP contribution in [0.15, 0.2) is 24.3 Å². The van der Waals surface area contributed by atoms with E-state index >= 15 is 0 Å². The van der Waals surface area contributed by atoms with Crippen LogP contribution in [0.3, 0.4) is 0 Å². The molecule has 94 valence electrons. The second-order valence-electron chi connectivity index (χ2n) is 3.65. The molecule has 1 atom stereocenters. The fourth-order valence-corrected chi connectivity index (χ4v) is 2.00. The Kier molecular flexibility index (Phi) is 6.00. The standard InChI is InChI=1S/C12H16BrNO3/c1-17-8-10(5-6-13)14-12(16)9-3-2-4-11(15)7-9/h2-4,7,10,15H,5-6,8H2,1H3,(H,14,16). The number of hydrogen-bond donors (Lipinski definition) is 2. The summed E-state index contributed by atoms with van der Waals surface area (Å²) in [6.07, 6.45) is 0.790. The minimum absolute atomic E-state index is 0.0331. The zero-order chi connectivity index (χ0) is 12.7. The van der Waals surface area contributed by atoms with Gasteiger partial charge in [0.2, 0.25) is 0 Å². The number of ether oxygens (including phenoxy) is 1. The highest BCUT2D eigenvalue weighted by Gasteiger charge is 2.13. The molecule has 1 unspecified atom stereocenters. The number of hydrogen-bond acceptors (Lipinski definition) is 3. The van der Waals surface area contributed by atoms with Crippen LogP contribution in [0.4, 0.5) is 0 Å². The average Bonchev–Trinajstić information content (AvgIpc) is 2.29. The summed E-state index contributed by atoms with van der Waals surface area (Å²) < 4.78 is 5.03. The van der Waals surface area contributed by atoms with E-state index in [0.717, 1.165) is 11.8 Å². The molecule has 5 heteroatoms. The number of rotatable bonds is 6. The Balaban J connectivity index is 2.63. The third-order valence-electron chi connectivity index (χ3n) is 2.27. The first kappa shape index (κ1) is 14.0. The van der Waals surface area contributed by atoms with Crippen LogP contribution in [0.2, 0.25) is 0 Å². The van der Waals surface area contributed by atoms with Gasteiger partial charge in [0.05, 0.1) is 12.6 Å². The number of carbonyl (C=O) groups is 1.